The van der Waals surface area contributed by atoms with Crippen molar-refractivity contribution in [1.82, 2.24) is 0 Å². The number of allylic oxidation sites excluding steroid dienone is 1. The van der Waals surface area contributed by atoms with Gasteiger partial charge in [-0.3, -0.25) is 14.4 Å². The summed E-state index contributed by atoms with van der Waals surface area (Å²) in [4.78, 5) is 36.6. The molecule has 0 amide bonds. The van der Waals surface area contributed by atoms with E-state index in [1.807, 2.05) is 6.92 Å². The van der Waals surface area contributed by atoms with Crippen LogP contribution >= 0.6 is 0 Å². The zero-order valence-electron chi connectivity index (χ0n) is 22.1. The van der Waals surface area contributed by atoms with E-state index in [1.165, 1.54) is 13.0 Å². The molecule has 4 rings (SSSR count). The second-order valence-corrected chi connectivity index (χ2v) is 9.94. The van der Waals surface area contributed by atoms with Crippen molar-refractivity contribution >= 4 is 17.5 Å². The highest BCUT2D eigenvalue weighted by Gasteiger charge is 2.68. The molecule has 2 N–H and O–H groups in total. The van der Waals surface area contributed by atoms with Crippen LogP contribution in [0.1, 0.15) is 71.7 Å². The second-order valence-electron chi connectivity index (χ2n) is 9.94. The first-order valence-electron chi connectivity index (χ1n) is 12.8. The molecule has 6 heteroatoms. The number of Topliss-reactive ketones (excluding diaryl/α,β-unsaturated/α-hetero) is 1. The van der Waals surface area contributed by atoms with E-state index in [-0.39, 0.29) is 37.4 Å². The average molecular weight is 423 g/mol. The molecule has 30 heavy (non-hydrogen) atoms. The third-order valence-electron chi connectivity index (χ3n) is 8.33. The van der Waals surface area contributed by atoms with Gasteiger partial charge in [-0.25, -0.2) is 0 Å². The Morgan fingerprint density at radius 2 is 2.07 bits per heavy atom. The van der Waals surface area contributed by atoms with Gasteiger partial charge < -0.3 is 14.9 Å². The summed E-state index contributed by atoms with van der Waals surface area (Å²) < 4.78 is 41.6. The molecule has 0 spiro atoms. The lowest BCUT2D eigenvalue weighted by Crippen LogP contribution is -2.62. The standard InChI is InChI=1S/C24H34O6/c1-13-9-16-17-6-8-24(29,20(28)12-30-14(2)25)23(17,4)11-19(27)21(16)22(3)7-5-15(26)10-18(13)22/h10,13,16-17,19,21,27,29H,5-9,11-12H2,1-4H3/t13-,16-,17-,19-,21+,22-,23-,24-/m0/s1/i11D2,19D,21D. The summed E-state index contributed by atoms with van der Waals surface area (Å²) in [6, 6.07) is 0. The normalized spacial score (nSPS) is 56.1. The van der Waals surface area contributed by atoms with Crippen LogP contribution in [0.15, 0.2) is 11.6 Å². The average Bonchev–Trinajstić information content (AvgIpc) is 3.02. The van der Waals surface area contributed by atoms with Crippen molar-refractivity contribution < 1.29 is 34.8 Å². The van der Waals surface area contributed by atoms with Crippen LogP contribution in [0.3, 0.4) is 0 Å². The smallest absolute Gasteiger partial charge is 0.303 e. The van der Waals surface area contributed by atoms with Gasteiger partial charge in [0, 0.05) is 22.9 Å². The molecule has 6 nitrogen and oxygen atoms in total. The van der Waals surface area contributed by atoms with Crippen LogP contribution < -0.4 is 0 Å². The number of hydrogen-bond acceptors (Lipinski definition) is 6. The first-order valence-corrected chi connectivity index (χ1v) is 10.8. The molecule has 0 radical (unpaired) electrons. The third kappa shape index (κ3) is 2.86. The van der Waals surface area contributed by atoms with Gasteiger partial charge in [0.1, 0.15) is 5.60 Å². The van der Waals surface area contributed by atoms with Crippen LogP contribution in [0.4, 0.5) is 0 Å². The molecule has 0 bridgehead atoms. The lowest BCUT2D eigenvalue weighted by Gasteiger charge is -2.61. The predicted molar refractivity (Wildman–Crippen MR) is 109 cm³/mol. The largest absolute Gasteiger partial charge is 0.458 e. The molecule has 8 atom stereocenters. The van der Waals surface area contributed by atoms with Gasteiger partial charge in [0.25, 0.3) is 0 Å². The lowest BCUT2D eigenvalue weighted by atomic mass is 9.44. The van der Waals surface area contributed by atoms with Crippen LogP contribution in [0.5, 0.6) is 0 Å². The molecule has 4 aliphatic rings. The summed E-state index contributed by atoms with van der Waals surface area (Å²) in [5.41, 5.74) is -4.64. The fraction of sp³-hybridized carbons (Fsp3) is 0.792. The number of esters is 1. The van der Waals surface area contributed by atoms with Gasteiger partial charge in [0.15, 0.2) is 12.4 Å². The van der Waals surface area contributed by atoms with Crippen LogP contribution in [0, 0.1) is 34.5 Å². The topological polar surface area (TPSA) is 101 Å². The van der Waals surface area contributed by atoms with Crippen molar-refractivity contribution in [2.24, 2.45) is 34.5 Å². The minimum atomic E-state index is -3.01. The number of fused-ring (bicyclic) bond motifs is 5. The zero-order chi connectivity index (χ0) is 25.7. The minimum Gasteiger partial charge on any atom is -0.458 e. The molecule has 4 aliphatic carbocycles. The Labute approximate surface area is 183 Å². The SMILES string of the molecule is [2H]C1([2H])[C@]([2H])(O)[C@@]2([2H])[C@@H](C[C@H](C)C3=CC(=O)CC[C@@]32C)[C@@H]2CC[C@](O)(C(=O)COC(C)=O)[C@]21C. The summed E-state index contributed by atoms with van der Waals surface area (Å²) in [5.74, 6) is -5.22. The Bertz CT molecular complexity index is 994. The fourth-order valence-electron chi connectivity index (χ4n) is 6.78. The maximum atomic E-state index is 13.1. The van der Waals surface area contributed by atoms with Gasteiger partial charge in [0.05, 0.1) is 7.45 Å². The molecule has 0 aromatic heterocycles. The number of rotatable bonds is 3. The zero-order valence-corrected chi connectivity index (χ0v) is 18.1. The second kappa shape index (κ2) is 6.99. The Morgan fingerprint density at radius 3 is 2.73 bits per heavy atom. The molecular weight excluding hydrogens is 384 g/mol. The summed E-state index contributed by atoms with van der Waals surface area (Å²) >= 11 is 0. The molecule has 0 heterocycles. The molecule has 166 valence electrons. The first kappa shape index (κ1) is 17.1. The van der Waals surface area contributed by atoms with Crippen molar-refractivity contribution in [3.05, 3.63) is 11.6 Å². The number of ether oxygens (including phenoxy) is 1. The van der Waals surface area contributed by atoms with Gasteiger partial charge in [-0.15, -0.1) is 0 Å². The van der Waals surface area contributed by atoms with E-state index >= 15 is 0 Å². The van der Waals surface area contributed by atoms with E-state index in [2.05, 4.69) is 0 Å². The van der Waals surface area contributed by atoms with Gasteiger partial charge >= 0.3 is 5.97 Å². The highest BCUT2D eigenvalue weighted by Crippen LogP contribution is 2.68. The summed E-state index contributed by atoms with van der Waals surface area (Å²) in [6.07, 6.45) is -3.59. The Morgan fingerprint density at radius 1 is 1.37 bits per heavy atom. The molecule has 0 aromatic rings. The van der Waals surface area contributed by atoms with Crippen LogP contribution in [0.25, 0.3) is 0 Å². The molecule has 3 fully saturated rings. The fourth-order valence-corrected chi connectivity index (χ4v) is 6.78. The molecular formula is C24H34O6. The molecule has 0 unspecified atom stereocenters. The monoisotopic (exact) mass is 422 g/mol. The predicted octanol–water partition coefficient (Wildman–Crippen LogP) is 2.60. The molecule has 0 saturated heterocycles. The van der Waals surface area contributed by atoms with E-state index in [4.69, 9.17) is 8.85 Å². The number of carbonyl (C=O) groups excluding carboxylic acids is 3. The Kier molecular flexibility index (Phi) is 3.98. The molecule has 3 saturated carbocycles. The van der Waals surface area contributed by atoms with Crippen molar-refractivity contribution in [3.8, 4) is 0 Å². The van der Waals surface area contributed by atoms with E-state index in [9.17, 15) is 26.0 Å². The van der Waals surface area contributed by atoms with Gasteiger partial charge in [-0.1, -0.05) is 26.3 Å². The molecule has 0 aliphatic heterocycles. The van der Waals surface area contributed by atoms with E-state index in [0.29, 0.717) is 12.0 Å². The van der Waals surface area contributed by atoms with Crippen molar-refractivity contribution in [1.29, 1.82) is 0 Å². The maximum Gasteiger partial charge on any atom is 0.303 e. The van der Waals surface area contributed by atoms with Crippen LogP contribution in [0.2, 0.25) is 0 Å². The van der Waals surface area contributed by atoms with Crippen molar-refractivity contribution in [2.45, 2.75) is 77.9 Å². The van der Waals surface area contributed by atoms with Crippen molar-refractivity contribution in [3.63, 3.8) is 0 Å². The van der Waals surface area contributed by atoms with Gasteiger partial charge in [-0.2, -0.15) is 0 Å². The van der Waals surface area contributed by atoms with Crippen LogP contribution in [-0.2, 0) is 19.1 Å². The molecule has 0 aromatic carbocycles. The minimum absolute atomic E-state index is 0.0788. The Hall–Kier alpha value is -1.53. The van der Waals surface area contributed by atoms with Gasteiger partial charge in [0.2, 0.25) is 5.78 Å². The summed E-state index contributed by atoms with van der Waals surface area (Å²) in [7, 11) is 0. The number of ketones is 2. The van der Waals surface area contributed by atoms with Crippen molar-refractivity contribution in [2.75, 3.05) is 6.61 Å². The number of carbonyl (C=O) groups is 3. The quantitative estimate of drug-likeness (QED) is 0.678. The van der Waals surface area contributed by atoms with E-state index < -0.39 is 65.0 Å². The Balaban J connectivity index is 1.91. The summed E-state index contributed by atoms with van der Waals surface area (Å²) in [6.45, 7) is 5.45. The maximum absolute atomic E-state index is 13.1. The van der Waals surface area contributed by atoms with E-state index in [1.54, 1.807) is 6.92 Å². The highest BCUT2D eigenvalue weighted by molar-refractivity contribution is 5.92. The highest BCUT2D eigenvalue weighted by atomic mass is 16.5. The number of aliphatic hydroxyl groups is 2. The van der Waals surface area contributed by atoms with Crippen LogP contribution in [-0.4, -0.2) is 46.0 Å². The number of hydrogen-bond donors (Lipinski definition) is 2. The summed E-state index contributed by atoms with van der Waals surface area (Å²) in [5, 5.41) is 23.4. The van der Waals surface area contributed by atoms with E-state index in [0.717, 1.165) is 6.92 Å². The van der Waals surface area contributed by atoms with Gasteiger partial charge in [-0.05, 0) is 67.2 Å². The third-order valence-corrected chi connectivity index (χ3v) is 8.33. The first-order chi connectivity index (χ1) is 15.4. The lowest BCUT2D eigenvalue weighted by molar-refractivity contribution is -0.186.